The molecule has 1 saturated heterocycles. The molecule has 20 heavy (non-hydrogen) atoms. The molecule has 0 radical (unpaired) electrons. The lowest BCUT2D eigenvalue weighted by atomic mass is 9.69. The highest BCUT2D eigenvalue weighted by Crippen LogP contribution is 2.39. The molecule has 2 fully saturated rings. The van der Waals surface area contributed by atoms with Gasteiger partial charge >= 0.3 is 0 Å². The number of likely N-dealkylation sites (tertiary alicyclic amines) is 1. The van der Waals surface area contributed by atoms with Gasteiger partial charge in [0.25, 0.3) is 0 Å². The first-order chi connectivity index (χ1) is 9.55. The third-order valence-corrected chi connectivity index (χ3v) is 5.55. The van der Waals surface area contributed by atoms with Crippen molar-refractivity contribution in [3.05, 3.63) is 0 Å². The summed E-state index contributed by atoms with van der Waals surface area (Å²) in [7, 11) is 2.13. The van der Waals surface area contributed by atoms with E-state index in [1.54, 1.807) is 0 Å². The van der Waals surface area contributed by atoms with Crippen LogP contribution in [0.1, 0.15) is 58.8 Å². The Balaban J connectivity index is 1.91. The molecular formula is C17H34N2O. The van der Waals surface area contributed by atoms with E-state index in [4.69, 9.17) is 5.11 Å². The van der Waals surface area contributed by atoms with Crippen molar-refractivity contribution in [1.82, 2.24) is 10.2 Å². The molecule has 1 aliphatic heterocycles. The highest BCUT2D eigenvalue weighted by Gasteiger charge is 2.36. The van der Waals surface area contributed by atoms with Crippen LogP contribution < -0.4 is 5.32 Å². The van der Waals surface area contributed by atoms with E-state index in [2.05, 4.69) is 31.1 Å². The van der Waals surface area contributed by atoms with Crippen LogP contribution in [-0.2, 0) is 0 Å². The molecule has 2 N–H and O–H groups in total. The molecule has 0 amide bonds. The molecule has 2 aliphatic rings. The van der Waals surface area contributed by atoms with Crippen molar-refractivity contribution >= 4 is 0 Å². The molecule has 0 aromatic heterocycles. The first-order valence-corrected chi connectivity index (χ1v) is 8.58. The number of aliphatic hydroxyl groups is 1. The van der Waals surface area contributed by atoms with Crippen molar-refractivity contribution in [1.29, 1.82) is 0 Å². The molecule has 3 heteroatoms. The first kappa shape index (κ1) is 16.3. The summed E-state index contributed by atoms with van der Waals surface area (Å²) in [6.45, 7) is 7.73. The van der Waals surface area contributed by atoms with Crippen molar-refractivity contribution in [2.75, 3.05) is 26.7 Å². The number of aliphatic hydroxyl groups excluding tert-OH is 1. The van der Waals surface area contributed by atoms with Crippen molar-refractivity contribution in [3.8, 4) is 0 Å². The molecule has 3 unspecified atom stereocenters. The second-order valence-corrected chi connectivity index (χ2v) is 7.72. The molecule has 0 bridgehead atoms. The third kappa shape index (κ3) is 4.19. The van der Waals surface area contributed by atoms with Gasteiger partial charge in [-0.15, -0.1) is 0 Å². The molecular weight excluding hydrogens is 248 g/mol. The maximum atomic E-state index is 9.05. The Morgan fingerprint density at radius 2 is 2.10 bits per heavy atom. The maximum Gasteiger partial charge on any atom is 0.0431 e. The average Bonchev–Trinajstić information content (AvgIpc) is 2.83. The molecule has 0 aromatic carbocycles. The summed E-state index contributed by atoms with van der Waals surface area (Å²) >= 11 is 0. The fourth-order valence-electron chi connectivity index (χ4n) is 4.40. The summed E-state index contributed by atoms with van der Waals surface area (Å²) < 4.78 is 0. The van der Waals surface area contributed by atoms with Gasteiger partial charge < -0.3 is 15.3 Å². The molecule has 2 rings (SSSR count). The van der Waals surface area contributed by atoms with Gasteiger partial charge in [-0.05, 0) is 69.9 Å². The minimum atomic E-state index is 0.347. The topological polar surface area (TPSA) is 35.5 Å². The number of nitrogens with zero attached hydrogens (tertiary/aromatic N) is 1. The number of nitrogens with one attached hydrogen (secondary N) is 1. The van der Waals surface area contributed by atoms with E-state index in [0.717, 1.165) is 18.4 Å². The van der Waals surface area contributed by atoms with Gasteiger partial charge in [-0.25, -0.2) is 0 Å². The zero-order valence-electron chi connectivity index (χ0n) is 13.7. The lowest BCUT2D eigenvalue weighted by Crippen LogP contribution is -2.47. The van der Waals surface area contributed by atoms with E-state index in [-0.39, 0.29) is 0 Å². The van der Waals surface area contributed by atoms with Gasteiger partial charge in [0.1, 0.15) is 0 Å². The van der Waals surface area contributed by atoms with Crippen molar-refractivity contribution in [2.45, 2.75) is 70.9 Å². The average molecular weight is 282 g/mol. The predicted octanol–water partition coefficient (Wildman–Crippen LogP) is 2.64. The van der Waals surface area contributed by atoms with E-state index < -0.39 is 0 Å². The zero-order chi connectivity index (χ0) is 14.6. The highest BCUT2D eigenvalue weighted by molar-refractivity contribution is 4.91. The quantitative estimate of drug-likeness (QED) is 0.786. The lowest BCUT2D eigenvalue weighted by Gasteiger charge is -2.43. The van der Waals surface area contributed by atoms with Crippen LogP contribution in [-0.4, -0.2) is 48.8 Å². The van der Waals surface area contributed by atoms with Crippen LogP contribution in [0.15, 0.2) is 0 Å². The van der Waals surface area contributed by atoms with Gasteiger partial charge in [0.2, 0.25) is 0 Å². The SMILES string of the molecule is CNC1CCC(C)(C)CC1CN1CCCC1CCCO. The van der Waals surface area contributed by atoms with Crippen LogP contribution >= 0.6 is 0 Å². The fourth-order valence-corrected chi connectivity index (χ4v) is 4.40. The highest BCUT2D eigenvalue weighted by atomic mass is 16.2. The summed E-state index contributed by atoms with van der Waals surface area (Å²) in [5.41, 5.74) is 0.512. The normalized spacial score (nSPS) is 34.5. The molecule has 3 nitrogen and oxygen atoms in total. The first-order valence-electron chi connectivity index (χ1n) is 8.58. The molecule has 0 spiro atoms. The largest absolute Gasteiger partial charge is 0.396 e. The van der Waals surface area contributed by atoms with Gasteiger partial charge in [-0.3, -0.25) is 0 Å². The maximum absolute atomic E-state index is 9.05. The standard InChI is InChI=1S/C17H34N2O/c1-17(2)9-8-16(18-3)14(12-17)13-19-10-4-6-15(19)7-5-11-20/h14-16,18,20H,4-13H2,1-3H3. The van der Waals surface area contributed by atoms with Crippen LogP contribution in [0.25, 0.3) is 0 Å². The van der Waals surface area contributed by atoms with E-state index in [0.29, 0.717) is 18.1 Å². The Bertz CT molecular complexity index is 293. The fraction of sp³-hybridized carbons (Fsp3) is 1.00. The molecule has 1 saturated carbocycles. The monoisotopic (exact) mass is 282 g/mol. The van der Waals surface area contributed by atoms with Gasteiger partial charge in [0.15, 0.2) is 0 Å². The van der Waals surface area contributed by atoms with Crippen LogP contribution in [0.4, 0.5) is 0 Å². The summed E-state index contributed by atoms with van der Waals surface area (Å²) in [6, 6.07) is 1.42. The van der Waals surface area contributed by atoms with Gasteiger partial charge in [0, 0.05) is 25.2 Å². The van der Waals surface area contributed by atoms with Gasteiger partial charge in [0.05, 0.1) is 0 Å². The minimum absolute atomic E-state index is 0.347. The Hall–Kier alpha value is -0.120. The number of rotatable bonds is 6. The Morgan fingerprint density at radius 3 is 2.80 bits per heavy atom. The smallest absolute Gasteiger partial charge is 0.0431 e. The molecule has 3 atom stereocenters. The van der Waals surface area contributed by atoms with E-state index in [1.807, 2.05) is 0 Å². The molecule has 118 valence electrons. The Morgan fingerprint density at radius 1 is 1.30 bits per heavy atom. The van der Waals surface area contributed by atoms with E-state index in [1.165, 1.54) is 51.6 Å². The third-order valence-electron chi connectivity index (χ3n) is 5.55. The molecule has 1 heterocycles. The molecule has 1 aliphatic carbocycles. The van der Waals surface area contributed by atoms with Crippen molar-refractivity contribution < 1.29 is 5.11 Å². The summed E-state index contributed by atoms with van der Waals surface area (Å²) in [4.78, 5) is 2.71. The number of hydrogen-bond donors (Lipinski definition) is 2. The van der Waals surface area contributed by atoms with Gasteiger partial charge in [-0.2, -0.15) is 0 Å². The van der Waals surface area contributed by atoms with Crippen LogP contribution in [0.5, 0.6) is 0 Å². The minimum Gasteiger partial charge on any atom is -0.396 e. The summed E-state index contributed by atoms with van der Waals surface area (Å²) in [6.07, 6.45) is 8.84. The molecule has 0 aromatic rings. The lowest BCUT2D eigenvalue weighted by molar-refractivity contribution is 0.0948. The summed E-state index contributed by atoms with van der Waals surface area (Å²) in [5, 5.41) is 12.6. The summed E-state index contributed by atoms with van der Waals surface area (Å²) in [5.74, 6) is 0.790. The predicted molar refractivity (Wildman–Crippen MR) is 84.9 cm³/mol. The number of hydrogen-bond acceptors (Lipinski definition) is 3. The van der Waals surface area contributed by atoms with E-state index >= 15 is 0 Å². The van der Waals surface area contributed by atoms with Gasteiger partial charge in [-0.1, -0.05) is 13.8 Å². The second-order valence-electron chi connectivity index (χ2n) is 7.72. The van der Waals surface area contributed by atoms with E-state index in [9.17, 15) is 0 Å². The van der Waals surface area contributed by atoms with Crippen LogP contribution in [0.3, 0.4) is 0 Å². The van der Waals surface area contributed by atoms with Crippen LogP contribution in [0.2, 0.25) is 0 Å². The second kappa shape index (κ2) is 7.24. The van der Waals surface area contributed by atoms with Crippen molar-refractivity contribution in [3.63, 3.8) is 0 Å². The Kier molecular flexibility index (Phi) is 5.88. The van der Waals surface area contributed by atoms with Crippen LogP contribution in [0, 0.1) is 11.3 Å². The zero-order valence-corrected chi connectivity index (χ0v) is 13.7. The Labute approximate surface area is 125 Å². The van der Waals surface area contributed by atoms with Crippen molar-refractivity contribution in [2.24, 2.45) is 11.3 Å².